The van der Waals surface area contributed by atoms with E-state index in [0.29, 0.717) is 0 Å². The third-order valence-corrected chi connectivity index (χ3v) is 0.874. The van der Waals surface area contributed by atoms with Crippen molar-refractivity contribution < 1.29 is 29.7 Å². The first-order valence-electron chi connectivity index (χ1n) is 3.64. The fraction of sp³-hybridized carbons (Fsp3) is 0.571. The van der Waals surface area contributed by atoms with Gasteiger partial charge in [0, 0.05) is 13.0 Å². The number of hydrogen-bond acceptors (Lipinski definition) is 4. The predicted molar refractivity (Wildman–Crippen MR) is 45.8 cm³/mol. The molecular formula is C7H13NO6. The zero-order valence-electron chi connectivity index (χ0n) is 7.64. The average Bonchev–Trinajstić information content (AvgIpc) is 1.79. The minimum atomic E-state index is -1.08. The molecule has 0 rings (SSSR count). The molecule has 0 heterocycles. The van der Waals surface area contributed by atoms with E-state index in [-0.39, 0.29) is 12.8 Å². The minimum Gasteiger partial charge on any atom is -0.481 e. The number of nitrogens with two attached hydrogens (primary N) is 1. The van der Waals surface area contributed by atoms with E-state index in [1.165, 1.54) is 0 Å². The summed E-state index contributed by atoms with van der Waals surface area (Å²) in [5.74, 6) is -2.98. The Balaban J connectivity index is 0. The zero-order chi connectivity index (χ0) is 11.7. The molecule has 0 fully saturated rings. The van der Waals surface area contributed by atoms with Gasteiger partial charge in [0.25, 0.3) is 5.97 Å². The predicted octanol–water partition coefficient (Wildman–Crippen LogP) is -0.646. The Morgan fingerprint density at radius 2 is 1.29 bits per heavy atom. The van der Waals surface area contributed by atoms with E-state index in [4.69, 9.17) is 25.8 Å². The van der Waals surface area contributed by atoms with Crippen molar-refractivity contribution in [2.45, 2.75) is 25.8 Å². The van der Waals surface area contributed by atoms with Crippen molar-refractivity contribution >= 4 is 17.9 Å². The van der Waals surface area contributed by atoms with Gasteiger partial charge in [0.05, 0.1) is 12.8 Å². The first-order valence-corrected chi connectivity index (χ1v) is 3.64. The van der Waals surface area contributed by atoms with Gasteiger partial charge in [-0.05, 0) is 0 Å². The van der Waals surface area contributed by atoms with Gasteiger partial charge in [-0.15, -0.1) is 0 Å². The molecule has 0 aliphatic heterocycles. The number of carboxylic acid groups (broad SMARTS) is 3. The Kier molecular flexibility index (Phi) is 8.49. The number of rotatable bonds is 4. The van der Waals surface area contributed by atoms with E-state index in [0.717, 1.165) is 6.92 Å². The Labute approximate surface area is 80.1 Å². The summed E-state index contributed by atoms with van der Waals surface area (Å²) in [5.41, 5.74) is 5.11. The van der Waals surface area contributed by atoms with Crippen molar-refractivity contribution in [3.05, 3.63) is 0 Å². The second kappa shape index (κ2) is 7.99. The standard InChI is InChI=1S/C5H9NO4.C2H4O2/c6-3(1-4(7)8)2-5(9)10;1-2(3)4/h3H,1-2,6H2,(H,7,8)(H,9,10);1H3,(H,3,4). The summed E-state index contributed by atoms with van der Waals surface area (Å²) in [6.07, 6.45) is -0.599. The molecule has 0 aromatic heterocycles. The summed E-state index contributed by atoms with van der Waals surface area (Å²) in [5, 5.41) is 23.7. The van der Waals surface area contributed by atoms with E-state index < -0.39 is 23.9 Å². The molecule has 0 atom stereocenters. The van der Waals surface area contributed by atoms with Gasteiger partial charge in [-0.3, -0.25) is 14.4 Å². The highest BCUT2D eigenvalue weighted by atomic mass is 16.4. The summed E-state index contributed by atoms with van der Waals surface area (Å²) in [6, 6.07) is -0.782. The molecule has 0 aliphatic rings. The van der Waals surface area contributed by atoms with Crippen molar-refractivity contribution in [1.29, 1.82) is 0 Å². The second-order valence-electron chi connectivity index (χ2n) is 2.47. The Morgan fingerprint density at radius 1 is 1.07 bits per heavy atom. The molecule has 0 amide bonds. The molecule has 0 spiro atoms. The lowest BCUT2D eigenvalue weighted by atomic mass is 10.1. The highest BCUT2D eigenvalue weighted by molar-refractivity contribution is 5.71. The molecule has 5 N–H and O–H groups in total. The largest absolute Gasteiger partial charge is 0.481 e. The maximum absolute atomic E-state index is 9.92. The second-order valence-corrected chi connectivity index (χ2v) is 2.47. The molecule has 14 heavy (non-hydrogen) atoms. The van der Waals surface area contributed by atoms with Crippen LogP contribution in [0.4, 0.5) is 0 Å². The molecule has 7 nitrogen and oxygen atoms in total. The van der Waals surface area contributed by atoms with Crippen molar-refractivity contribution in [3.63, 3.8) is 0 Å². The van der Waals surface area contributed by atoms with Crippen LogP contribution in [0.5, 0.6) is 0 Å². The molecule has 0 aromatic rings. The molecule has 0 radical (unpaired) electrons. The molecule has 7 heteroatoms. The van der Waals surface area contributed by atoms with Gasteiger partial charge >= 0.3 is 11.9 Å². The number of carbonyl (C=O) groups is 3. The van der Waals surface area contributed by atoms with Crippen molar-refractivity contribution in [1.82, 2.24) is 0 Å². The van der Waals surface area contributed by atoms with Crippen LogP contribution >= 0.6 is 0 Å². The van der Waals surface area contributed by atoms with Gasteiger partial charge in [0.15, 0.2) is 0 Å². The van der Waals surface area contributed by atoms with E-state index in [1.807, 2.05) is 0 Å². The van der Waals surface area contributed by atoms with Gasteiger partial charge in [-0.25, -0.2) is 0 Å². The smallest absolute Gasteiger partial charge is 0.304 e. The molecule has 0 saturated carbocycles. The fourth-order valence-electron chi connectivity index (χ4n) is 0.521. The Hall–Kier alpha value is -1.63. The zero-order valence-corrected chi connectivity index (χ0v) is 7.64. The lowest BCUT2D eigenvalue weighted by Crippen LogP contribution is -2.26. The molecule has 0 unspecified atom stereocenters. The van der Waals surface area contributed by atoms with Gasteiger partial charge < -0.3 is 21.1 Å². The maximum Gasteiger partial charge on any atom is 0.304 e. The van der Waals surface area contributed by atoms with E-state index in [2.05, 4.69) is 0 Å². The van der Waals surface area contributed by atoms with E-state index >= 15 is 0 Å². The molecular weight excluding hydrogens is 194 g/mol. The van der Waals surface area contributed by atoms with Crippen LogP contribution in [0.15, 0.2) is 0 Å². The monoisotopic (exact) mass is 207 g/mol. The van der Waals surface area contributed by atoms with E-state index in [9.17, 15) is 9.59 Å². The fourth-order valence-corrected chi connectivity index (χ4v) is 0.521. The van der Waals surface area contributed by atoms with Crippen molar-refractivity contribution in [2.24, 2.45) is 5.73 Å². The van der Waals surface area contributed by atoms with Gasteiger partial charge in [-0.1, -0.05) is 0 Å². The molecule has 0 aromatic carbocycles. The van der Waals surface area contributed by atoms with Gasteiger partial charge in [-0.2, -0.15) is 0 Å². The topological polar surface area (TPSA) is 138 Å². The van der Waals surface area contributed by atoms with Crippen LogP contribution in [0.25, 0.3) is 0 Å². The summed E-state index contributed by atoms with van der Waals surface area (Å²) >= 11 is 0. The van der Waals surface area contributed by atoms with Crippen LogP contribution in [0.2, 0.25) is 0 Å². The van der Waals surface area contributed by atoms with Gasteiger partial charge in [0.2, 0.25) is 0 Å². The Morgan fingerprint density at radius 3 is 1.43 bits per heavy atom. The van der Waals surface area contributed by atoms with Crippen LogP contribution in [0.1, 0.15) is 19.8 Å². The summed E-state index contributed by atoms with van der Waals surface area (Å²) < 4.78 is 0. The normalized spacial score (nSPS) is 8.79. The Bertz CT molecular complexity index is 194. The van der Waals surface area contributed by atoms with Crippen LogP contribution in [-0.2, 0) is 14.4 Å². The van der Waals surface area contributed by atoms with Crippen molar-refractivity contribution in [3.8, 4) is 0 Å². The van der Waals surface area contributed by atoms with Crippen LogP contribution in [0.3, 0.4) is 0 Å². The molecule has 82 valence electrons. The average molecular weight is 207 g/mol. The number of hydrogen-bond donors (Lipinski definition) is 4. The lowest BCUT2D eigenvalue weighted by molar-refractivity contribution is -0.139. The number of aliphatic carboxylic acids is 3. The highest BCUT2D eigenvalue weighted by Crippen LogP contribution is 1.93. The maximum atomic E-state index is 9.92. The SMILES string of the molecule is CC(=O)O.NC(CC(=O)O)CC(=O)O. The van der Waals surface area contributed by atoms with Crippen molar-refractivity contribution in [2.75, 3.05) is 0 Å². The third kappa shape index (κ3) is 22.4. The first-order chi connectivity index (χ1) is 6.25. The molecule has 0 bridgehead atoms. The number of carboxylic acids is 3. The highest BCUT2D eigenvalue weighted by Gasteiger charge is 2.10. The van der Waals surface area contributed by atoms with Gasteiger partial charge in [0.1, 0.15) is 0 Å². The molecule has 0 aliphatic carbocycles. The van der Waals surface area contributed by atoms with E-state index in [1.54, 1.807) is 0 Å². The summed E-state index contributed by atoms with van der Waals surface area (Å²) in [6.45, 7) is 1.08. The minimum absolute atomic E-state index is 0.299. The van der Waals surface area contributed by atoms with Crippen LogP contribution in [0, 0.1) is 0 Å². The summed E-state index contributed by atoms with van der Waals surface area (Å²) in [4.78, 5) is 28.8. The van der Waals surface area contributed by atoms with Crippen LogP contribution < -0.4 is 5.73 Å². The summed E-state index contributed by atoms with van der Waals surface area (Å²) in [7, 11) is 0. The third-order valence-electron chi connectivity index (χ3n) is 0.874. The lowest BCUT2D eigenvalue weighted by Gasteiger charge is -2.02. The first kappa shape index (κ1) is 14.9. The quantitative estimate of drug-likeness (QED) is 0.480. The molecule has 0 saturated heterocycles. The van der Waals surface area contributed by atoms with Crippen LogP contribution in [-0.4, -0.2) is 39.3 Å².